The highest BCUT2D eigenvalue weighted by molar-refractivity contribution is 5.19. The Morgan fingerprint density at radius 2 is 1.05 bits per heavy atom. The summed E-state index contributed by atoms with van der Waals surface area (Å²) in [5.74, 6) is 2.67. The second kappa shape index (κ2) is 24.3. The van der Waals surface area contributed by atoms with Crippen LogP contribution in [0.1, 0.15) is 107 Å². The van der Waals surface area contributed by atoms with Gasteiger partial charge >= 0.3 is 0 Å². The summed E-state index contributed by atoms with van der Waals surface area (Å²) in [5.41, 5.74) is 2.11. The minimum atomic E-state index is -0.369. The molecule has 0 aromatic carbocycles. The van der Waals surface area contributed by atoms with Gasteiger partial charge in [-0.3, -0.25) is 0 Å². The summed E-state index contributed by atoms with van der Waals surface area (Å²) >= 11 is 0. The summed E-state index contributed by atoms with van der Waals surface area (Å²) < 4.78 is 48.2. The Bertz CT molecular complexity index is 1310. The maximum Gasteiger partial charge on any atom is 0.158 e. The van der Waals surface area contributed by atoms with Crippen LogP contribution in [0.2, 0.25) is 0 Å². The Labute approximate surface area is 352 Å². The summed E-state index contributed by atoms with van der Waals surface area (Å²) in [4.78, 5) is 0. The van der Waals surface area contributed by atoms with Crippen molar-refractivity contribution in [2.45, 2.75) is 168 Å². The summed E-state index contributed by atoms with van der Waals surface area (Å²) in [6.45, 7) is 18.0. The maximum absolute atomic E-state index is 11.1. The first-order valence-corrected chi connectivity index (χ1v) is 22.5. The standard InChI is InChI=1S/C48H82O10/c1-13-39(51-9)33(7)35-27-37(35)45(49)29(3)17-15-19-31(5)47-41(53-11)21-24-44(58-47)56-26-25-55-42-22-23-43(54-12)57-48(42)32(6)20-16-18-30(4)46(50)38-28-36(38)34(8)40(14-2)52-10/h15-20,29-30,33-50H,13-14,21-28H2,1-12H3/b17-15+,18-16+,31-19+,32-20+/t29-,30-,33-,34-,35-,36-,37+,38+,39-,40-,41-,42-,43+,44-,45+,46+,47+,48+/m0/s1. The molecule has 2 N–H and O–H groups in total. The molecule has 18 atom stereocenters. The molecule has 0 bridgehead atoms. The van der Waals surface area contributed by atoms with Gasteiger partial charge in [0.05, 0.1) is 49.8 Å². The van der Waals surface area contributed by atoms with Crippen LogP contribution in [0.15, 0.2) is 47.6 Å². The Balaban J connectivity index is 1.24. The fourth-order valence-electron chi connectivity index (χ4n) is 9.92. The second-order valence-electron chi connectivity index (χ2n) is 17.9. The first-order chi connectivity index (χ1) is 27.8. The molecule has 2 saturated carbocycles. The average Bonchev–Trinajstić information content (AvgIpc) is 4.18. The minimum absolute atomic E-state index is 0.0428. The first-order valence-electron chi connectivity index (χ1n) is 22.5. The lowest BCUT2D eigenvalue weighted by Crippen LogP contribution is -2.43. The van der Waals surface area contributed by atoms with E-state index in [4.69, 9.17) is 37.9 Å². The smallest absolute Gasteiger partial charge is 0.158 e. The quantitative estimate of drug-likeness (QED) is 0.0688. The molecule has 58 heavy (non-hydrogen) atoms. The average molecular weight is 819 g/mol. The highest BCUT2D eigenvalue weighted by Gasteiger charge is 2.49. The van der Waals surface area contributed by atoms with Gasteiger partial charge in [-0.2, -0.15) is 0 Å². The zero-order chi connectivity index (χ0) is 42.5. The summed E-state index contributed by atoms with van der Waals surface area (Å²) in [6.07, 6.45) is 18.1. The van der Waals surface area contributed by atoms with Gasteiger partial charge in [-0.25, -0.2) is 0 Å². The molecule has 10 heteroatoms. The zero-order valence-electron chi connectivity index (χ0n) is 38.1. The van der Waals surface area contributed by atoms with Gasteiger partial charge in [-0.15, -0.1) is 0 Å². The van der Waals surface area contributed by atoms with Gasteiger partial charge in [0.25, 0.3) is 0 Å². The first kappa shape index (κ1) is 49.2. The Kier molecular flexibility index (Phi) is 20.6. The van der Waals surface area contributed by atoms with Gasteiger partial charge in [-0.1, -0.05) is 78.0 Å². The molecular formula is C48H82O10. The predicted molar refractivity (Wildman–Crippen MR) is 229 cm³/mol. The third-order valence-corrected chi connectivity index (χ3v) is 14.0. The predicted octanol–water partition coefficient (Wildman–Crippen LogP) is 8.45. The molecule has 10 nitrogen and oxygen atoms in total. The number of hydrogen-bond donors (Lipinski definition) is 2. The number of aliphatic hydroxyl groups excluding tert-OH is 2. The van der Waals surface area contributed by atoms with E-state index >= 15 is 0 Å². The third-order valence-electron chi connectivity index (χ3n) is 14.0. The van der Waals surface area contributed by atoms with E-state index < -0.39 is 0 Å². The molecule has 2 aliphatic carbocycles. The monoisotopic (exact) mass is 819 g/mol. The van der Waals surface area contributed by atoms with Crippen molar-refractivity contribution in [1.82, 2.24) is 0 Å². The number of ether oxygens (including phenoxy) is 8. The normalized spacial score (nSPS) is 35.1. The van der Waals surface area contributed by atoms with Crippen LogP contribution < -0.4 is 0 Å². The van der Waals surface area contributed by atoms with Crippen LogP contribution in [-0.4, -0.2) is 113 Å². The molecule has 2 aliphatic heterocycles. The lowest BCUT2D eigenvalue weighted by molar-refractivity contribution is -0.231. The second-order valence-corrected chi connectivity index (χ2v) is 17.9. The molecule has 2 saturated heterocycles. The molecule has 4 aliphatic rings. The minimum Gasteiger partial charge on any atom is -0.392 e. The maximum atomic E-state index is 11.1. The number of methoxy groups -OCH3 is 4. The Morgan fingerprint density at radius 1 is 0.603 bits per heavy atom. The third kappa shape index (κ3) is 13.5. The van der Waals surface area contributed by atoms with Crippen molar-refractivity contribution >= 4 is 0 Å². The van der Waals surface area contributed by atoms with E-state index in [0.717, 1.165) is 62.5 Å². The summed E-state index contributed by atoms with van der Waals surface area (Å²) in [5, 5.41) is 22.2. The van der Waals surface area contributed by atoms with Crippen molar-refractivity contribution in [3.05, 3.63) is 47.6 Å². The van der Waals surface area contributed by atoms with E-state index in [2.05, 4.69) is 79.7 Å². The Hall–Kier alpha value is -1.44. The molecule has 4 rings (SSSR count). The highest BCUT2D eigenvalue weighted by Crippen LogP contribution is 2.51. The zero-order valence-corrected chi connectivity index (χ0v) is 38.1. The lowest BCUT2D eigenvalue weighted by Gasteiger charge is -2.37. The van der Waals surface area contributed by atoms with Gasteiger partial charge in [-0.05, 0) is 99.0 Å². The van der Waals surface area contributed by atoms with Crippen LogP contribution in [0.5, 0.6) is 0 Å². The van der Waals surface area contributed by atoms with E-state index in [1.54, 1.807) is 28.4 Å². The highest BCUT2D eigenvalue weighted by atomic mass is 16.7. The molecule has 0 spiro atoms. The topological polar surface area (TPSA) is 114 Å². The van der Waals surface area contributed by atoms with Crippen molar-refractivity contribution < 1.29 is 48.1 Å². The van der Waals surface area contributed by atoms with E-state index in [-0.39, 0.29) is 73.2 Å². The van der Waals surface area contributed by atoms with Gasteiger partial charge in [0.1, 0.15) is 12.2 Å². The van der Waals surface area contributed by atoms with E-state index in [9.17, 15) is 10.2 Å². The molecule has 0 aromatic rings. The van der Waals surface area contributed by atoms with Crippen molar-refractivity contribution in [2.24, 2.45) is 47.3 Å². The molecule has 0 amide bonds. The van der Waals surface area contributed by atoms with Crippen molar-refractivity contribution in [2.75, 3.05) is 41.7 Å². The van der Waals surface area contributed by atoms with Crippen molar-refractivity contribution in [1.29, 1.82) is 0 Å². The van der Waals surface area contributed by atoms with E-state index in [1.807, 2.05) is 12.2 Å². The van der Waals surface area contributed by atoms with Crippen LogP contribution in [-0.2, 0) is 37.9 Å². The van der Waals surface area contributed by atoms with Gasteiger partial charge in [0.15, 0.2) is 12.6 Å². The molecule has 0 unspecified atom stereocenters. The molecule has 0 aromatic heterocycles. The number of allylic oxidation sites excluding steroid dienone is 4. The molecule has 334 valence electrons. The van der Waals surface area contributed by atoms with Gasteiger partial charge < -0.3 is 48.1 Å². The fourth-order valence-corrected chi connectivity index (χ4v) is 9.92. The Morgan fingerprint density at radius 3 is 1.52 bits per heavy atom. The lowest BCUT2D eigenvalue weighted by atomic mass is 9.91. The fraction of sp³-hybridized carbons (Fsp3) is 0.833. The number of aliphatic hydroxyl groups is 2. The summed E-state index contributed by atoms with van der Waals surface area (Å²) in [6, 6.07) is 0. The van der Waals surface area contributed by atoms with Crippen LogP contribution in [0.25, 0.3) is 0 Å². The van der Waals surface area contributed by atoms with Gasteiger partial charge in [0.2, 0.25) is 0 Å². The van der Waals surface area contributed by atoms with Crippen LogP contribution in [0.4, 0.5) is 0 Å². The van der Waals surface area contributed by atoms with E-state index in [1.165, 1.54) is 0 Å². The van der Waals surface area contributed by atoms with Crippen LogP contribution >= 0.6 is 0 Å². The molecule has 2 heterocycles. The SMILES string of the molecule is CC[C@H](OC)[C@@H](C)[C@@H]1C[C@H]1[C@H](O)[C@@H](C)/C=C/C=C(\C)[C@H]1O[C@H](OCCO[C@H]2CC[C@H](OC)O[C@@H]2/C(C)=C/C=C/[C@H](C)[C@@H](O)[C@@H]2C[C@H]2[C@H](C)[C@H](CC)OC)CC[C@@H]1OC. The van der Waals surface area contributed by atoms with Crippen LogP contribution in [0, 0.1) is 47.3 Å². The molecular weight excluding hydrogens is 737 g/mol. The molecule has 0 radical (unpaired) electrons. The number of hydrogen-bond acceptors (Lipinski definition) is 10. The number of rotatable bonds is 25. The molecule has 4 fully saturated rings. The summed E-state index contributed by atoms with van der Waals surface area (Å²) in [7, 11) is 7.00. The largest absolute Gasteiger partial charge is 0.392 e. The van der Waals surface area contributed by atoms with Crippen LogP contribution in [0.3, 0.4) is 0 Å². The van der Waals surface area contributed by atoms with Gasteiger partial charge in [0, 0.05) is 53.1 Å². The van der Waals surface area contributed by atoms with Crippen molar-refractivity contribution in [3.63, 3.8) is 0 Å². The van der Waals surface area contributed by atoms with E-state index in [0.29, 0.717) is 48.7 Å². The van der Waals surface area contributed by atoms with Crippen molar-refractivity contribution in [3.8, 4) is 0 Å².